The first kappa shape index (κ1) is 13.7. The number of hydrogen-bond donors (Lipinski definition) is 1. The Morgan fingerprint density at radius 2 is 2.14 bits per heavy atom. The van der Waals surface area contributed by atoms with Crippen molar-refractivity contribution in [3.05, 3.63) is 52.1 Å². The summed E-state index contributed by atoms with van der Waals surface area (Å²) in [5.41, 5.74) is 2.31. The number of nitrogens with one attached hydrogen (secondary N) is 1. The van der Waals surface area contributed by atoms with Crippen LogP contribution in [0.1, 0.15) is 16.2 Å². The van der Waals surface area contributed by atoms with Gasteiger partial charge in [-0.15, -0.1) is 5.10 Å². The van der Waals surface area contributed by atoms with Gasteiger partial charge in [-0.05, 0) is 6.07 Å². The van der Waals surface area contributed by atoms with Crippen LogP contribution in [-0.2, 0) is 11.3 Å². The Morgan fingerprint density at radius 1 is 1.33 bits per heavy atom. The highest BCUT2D eigenvalue weighted by molar-refractivity contribution is 7.10. The molecule has 0 fully saturated rings. The number of H-pyrrole nitrogens is 1. The zero-order valence-corrected chi connectivity index (χ0v) is 12.2. The number of carbonyl (C=O) groups excluding carboxylic acids is 1. The topological polar surface area (TPSA) is 80.8 Å². The lowest BCUT2D eigenvalue weighted by Crippen LogP contribution is -2.06. The molecule has 0 unspecified atom stereocenters. The molecule has 0 aliphatic heterocycles. The number of carbonyl (C=O) groups is 1. The minimum absolute atomic E-state index is 0.0200. The molecule has 0 saturated carbocycles. The molecule has 0 saturated heterocycles. The second-order valence-corrected chi connectivity index (χ2v) is 5.46. The molecule has 2 aromatic heterocycles. The average Bonchev–Trinajstić information content (AvgIpc) is 3.15. The third kappa shape index (κ3) is 3.09. The Kier molecular flexibility index (Phi) is 3.94. The molecule has 21 heavy (non-hydrogen) atoms. The Labute approximate surface area is 128 Å². The molecule has 8 heteroatoms. The quantitative estimate of drug-likeness (QED) is 0.747. The van der Waals surface area contributed by atoms with Crippen molar-refractivity contribution in [3.8, 4) is 11.3 Å². The summed E-state index contributed by atoms with van der Waals surface area (Å²) >= 11 is 6.88. The maximum atomic E-state index is 11.9. The van der Waals surface area contributed by atoms with Gasteiger partial charge in [0, 0.05) is 17.1 Å². The lowest BCUT2D eigenvalue weighted by molar-refractivity contribution is 0.0461. The molecule has 0 aliphatic carbocycles. The van der Waals surface area contributed by atoms with Crippen LogP contribution in [0.4, 0.5) is 0 Å². The van der Waals surface area contributed by atoms with Gasteiger partial charge in [0.1, 0.15) is 22.3 Å². The van der Waals surface area contributed by atoms with Crippen molar-refractivity contribution in [2.75, 3.05) is 0 Å². The van der Waals surface area contributed by atoms with Crippen LogP contribution in [-0.4, -0.2) is 25.8 Å². The zero-order chi connectivity index (χ0) is 14.7. The van der Waals surface area contributed by atoms with E-state index in [1.807, 2.05) is 30.3 Å². The molecule has 0 atom stereocenters. The summed E-state index contributed by atoms with van der Waals surface area (Å²) in [5.74, 6) is -0.520. The number of hydrogen-bond acceptors (Lipinski definition) is 6. The second kappa shape index (κ2) is 6.02. The fourth-order valence-corrected chi connectivity index (χ4v) is 2.28. The zero-order valence-electron chi connectivity index (χ0n) is 10.6. The van der Waals surface area contributed by atoms with Crippen molar-refractivity contribution in [3.63, 3.8) is 0 Å². The highest BCUT2D eigenvalue weighted by Gasteiger charge is 2.14. The van der Waals surface area contributed by atoms with Crippen LogP contribution in [0.3, 0.4) is 0 Å². The molecular formula is C13H9ClN4O2S. The number of benzene rings is 1. The molecule has 3 rings (SSSR count). The normalized spacial score (nSPS) is 10.5. The van der Waals surface area contributed by atoms with Crippen LogP contribution in [0.15, 0.2) is 36.4 Å². The summed E-state index contributed by atoms with van der Waals surface area (Å²) < 4.78 is 9.19. The van der Waals surface area contributed by atoms with Crippen molar-refractivity contribution >= 4 is 29.1 Å². The van der Waals surface area contributed by atoms with E-state index in [9.17, 15) is 4.79 Å². The Bertz CT molecular complexity index is 756. The molecule has 0 amide bonds. The largest absolute Gasteiger partial charge is 0.454 e. The van der Waals surface area contributed by atoms with Gasteiger partial charge in [-0.1, -0.05) is 46.4 Å². The van der Waals surface area contributed by atoms with Crippen LogP contribution >= 0.6 is 23.1 Å². The fraction of sp³-hybridized carbons (Fsp3) is 0.0769. The third-order valence-corrected chi connectivity index (χ3v) is 3.70. The first-order chi connectivity index (χ1) is 10.2. The SMILES string of the molecule is O=C(OCc1nnsc1Cl)c1cc(-c2ccccc2)n[nH]1. The van der Waals surface area contributed by atoms with Crippen LogP contribution in [0, 0.1) is 0 Å². The van der Waals surface area contributed by atoms with Gasteiger partial charge in [0.2, 0.25) is 0 Å². The van der Waals surface area contributed by atoms with E-state index in [-0.39, 0.29) is 12.3 Å². The van der Waals surface area contributed by atoms with Gasteiger partial charge in [-0.3, -0.25) is 5.10 Å². The second-order valence-electron chi connectivity index (χ2n) is 4.10. The summed E-state index contributed by atoms with van der Waals surface area (Å²) in [6.45, 7) is -0.0200. The van der Waals surface area contributed by atoms with Crippen LogP contribution < -0.4 is 0 Å². The number of esters is 1. The van der Waals surface area contributed by atoms with E-state index in [1.165, 1.54) is 0 Å². The number of nitrogens with zero attached hydrogens (tertiary/aromatic N) is 3. The Balaban J connectivity index is 1.69. The van der Waals surface area contributed by atoms with Gasteiger partial charge in [0.15, 0.2) is 0 Å². The Morgan fingerprint density at radius 3 is 2.86 bits per heavy atom. The van der Waals surface area contributed by atoms with Crippen molar-refractivity contribution in [2.24, 2.45) is 0 Å². The van der Waals surface area contributed by atoms with E-state index >= 15 is 0 Å². The predicted molar refractivity (Wildman–Crippen MR) is 78.1 cm³/mol. The fourth-order valence-electron chi connectivity index (χ4n) is 1.68. The van der Waals surface area contributed by atoms with Gasteiger partial charge >= 0.3 is 5.97 Å². The van der Waals surface area contributed by atoms with Gasteiger partial charge < -0.3 is 4.74 Å². The molecule has 0 bridgehead atoms. The maximum absolute atomic E-state index is 11.9. The number of halogens is 1. The van der Waals surface area contributed by atoms with Crippen LogP contribution in [0.5, 0.6) is 0 Å². The highest BCUT2D eigenvalue weighted by atomic mass is 35.5. The van der Waals surface area contributed by atoms with E-state index in [0.717, 1.165) is 17.1 Å². The summed E-state index contributed by atoms with van der Waals surface area (Å²) in [4.78, 5) is 11.9. The lowest BCUT2D eigenvalue weighted by Gasteiger charge is -1.99. The third-order valence-electron chi connectivity index (χ3n) is 2.72. The van der Waals surface area contributed by atoms with E-state index < -0.39 is 5.97 Å². The van der Waals surface area contributed by atoms with Crippen molar-refractivity contribution in [2.45, 2.75) is 6.61 Å². The van der Waals surface area contributed by atoms with Gasteiger partial charge in [-0.25, -0.2) is 4.79 Å². The van der Waals surface area contributed by atoms with E-state index in [4.69, 9.17) is 16.3 Å². The first-order valence-corrected chi connectivity index (χ1v) is 7.14. The van der Waals surface area contributed by atoms with Gasteiger partial charge in [0.25, 0.3) is 0 Å². The van der Waals surface area contributed by atoms with Crippen molar-refractivity contribution < 1.29 is 9.53 Å². The summed E-state index contributed by atoms with van der Waals surface area (Å²) in [5, 5.41) is 10.5. The monoisotopic (exact) mass is 320 g/mol. The minimum atomic E-state index is -0.520. The molecule has 1 N–H and O–H groups in total. The molecule has 106 valence electrons. The lowest BCUT2D eigenvalue weighted by atomic mass is 10.1. The molecule has 0 radical (unpaired) electrons. The number of ether oxygens (including phenoxy) is 1. The van der Waals surface area contributed by atoms with Crippen molar-refractivity contribution in [1.82, 2.24) is 19.8 Å². The number of aromatic amines is 1. The summed E-state index contributed by atoms with van der Waals surface area (Å²) in [6.07, 6.45) is 0. The average molecular weight is 321 g/mol. The van der Waals surface area contributed by atoms with E-state index in [1.54, 1.807) is 6.07 Å². The van der Waals surface area contributed by atoms with Crippen LogP contribution in [0.25, 0.3) is 11.3 Å². The molecule has 3 aromatic rings. The molecule has 2 heterocycles. The predicted octanol–water partition coefficient (Wildman–Crippen LogP) is 2.94. The smallest absolute Gasteiger partial charge is 0.356 e. The summed E-state index contributed by atoms with van der Waals surface area (Å²) in [7, 11) is 0. The maximum Gasteiger partial charge on any atom is 0.356 e. The van der Waals surface area contributed by atoms with E-state index in [0.29, 0.717) is 15.7 Å². The molecule has 0 spiro atoms. The molecule has 1 aromatic carbocycles. The standard InChI is InChI=1S/C13H9ClN4O2S/c14-12-11(17-18-21-12)7-20-13(19)10-6-9(15-16-10)8-4-2-1-3-5-8/h1-6H,7H2,(H,15,16). The first-order valence-electron chi connectivity index (χ1n) is 5.99. The highest BCUT2D eigenvalue weighted by Crippen LogP contribution is 2.19. The summed E-state index contributed by atoms with van der Waals surface area (Å²) in [6, 6.07) is 11.2. The van der Waals surface area contributed by atoms with Gasteiger partial charge in [-0.2, -0.15) is 5.10 Å². The number of aromatic nitrogens is 4. The minimum Gasteiger partial charge on any atom is -0.454 e. The molecule has 6 nitrogen and oxygen atoms in total. The van der Waals surface area contributed by atoms with E-state index in [2.05, 4.69) is 19.8 Å². The molecular weight excluding hydrogens is 312 g/mol. The number of rotatable bonds is 4. The Hall–Kier alpha value is -2.25. The van der Waals surface area contributed by atoms with Gasteiger partial charge in [0.05, 0.1) is 5.69 Å². The van der Waals surface area contributed by atoms with Crippen LogP contribution in [0.2, 0.25) is 4.34 Å². The van der Waals surface area contributed by atoms with Crippen molar-refractivity contribution in [1.29, 1.82) is 0 Å². The molecule has 0 aliphatic rings.